The fraction of sp³-hybridized carbons (Fsp3) is 0.643. The smallest absolute Gasteiger partial charge is 0.233 e. The summed E-state index contributed by atoms with van der Waals surface area (Å²) in [6, 6.07) is 3.59. The highest BCUT2D eigenvalue weighted by molar-refractivity contribution is 5.79. The largest absolute Gasteiger partial charge is 0.471 e. The predicted octanol–water partition coefficient (Wildman–Crippen LogP) is 0.883. The summed E-state index contributed by atoms with van der Waals surface area (Å²) >= 11 is 0. The van der Waals surface area contributed by atoms with Crippen LogP contribution < -0.4 is 4.74 Å². The molecule has 2 atom stereocenters. The maximum atomic E-state index is 12.4. The highest BCUT2D eigenvalue weighted by atomic mass is 16.5. The number of likely N-dealkylation sites (tertiary alicyclic amines) is 1. The lowest BCUT2D eigenvalue weighted by Crippen LogP contribution is -2.46. The van der Waals surface area contributed by atoms with Gasteiger partial charge in [-0.2, -0.15) is 5.10 Å². The van der Waals surface area contributed by atoms with Crippen molar-refractivity contribution < 1.29 is 14.3 Å². The quantitative estimate of drug-likeness (QED) is 0.820. The number of ether oxygens (including phenoxy) is 2. The van der Waals surface area contributed by atoms with Crippen LogP contribution in [0.3, 0.4) is 0 Å². The van der Waals surface area contributed by atoms with E-state index < -0.39 is 0 Å². The summed E-state index contributed by atoms with van der Waals surface area (Å²) in [6.07, 6.45) is 4.37. The molecule has 2 fully saturated rings. The van der Waals surface area contributed by atoms with Gasteiger partial charge in [0, 0.05) is 25.4 Å². The lowest BCUT2D eigenvalue weighted by molar-refractivity contribution is -0.138. The number of carbonyl (C=O) groups excluding carboxylic acids is 1. The van der Waals surface area contributed by atoms with Gasteiger partial charge in [-0.3, -0.25) is 4.79 Å². The Morgan fingerprint density at radius 3 is 3.15 bits per heavy atom. The fourth-order valence-electron chi connectivity index (χ4n) is 2.74. The van der Waals surface area contributed by atoms with Crippen LogP contribution in [0, 0.1) is 5.92 Å². The van der Waals surface area contributed by atoms with Gasteiger partial charge < -0.3 is 14.4 Å². The molecule has 2 aliphatic heterocycles. The number of aromatic nitrogens is 2. The Labute approximate surface area is 118 Å². The molecule has 1 amide bonds. The number of rotatable bonds is 3. The molecule has 20 heavy (non-hydrogen) atoms. The van der Waals surface area contributed by atoms with Gasteiger partial charge in [-0.15, -0.1) is 5.10 Å². The van der Waals surface area contributed by atoms with Gasteiger partial charge >= 0.3 is 0 Å². The number of nitrogens with zero attached hydrogens (tertiary/aromatic N) is 3. The second-order valence-electron chi connectivity index (χ2n) is 5.29. The molecule has 0 aromatic carbocycles. The van der Waals surface area contributed by atoms with E-state index in [-0.39, 0.29) is 17.9 Å². The first kappa shape index (κ1) is 13.3. The van der Waals surface area contributed by atoms with Gasteiger partial charge in [-0.25, -0.2) is 0 Å². The van der Waals surface area contributed by atoms with Crippen LogP contribution >= 0.6 is 0 Å². The van der Waals surface area contributed by atoms with Crippen LogP contribution in [0.25, 0.3) is 0 Å². The van der Waals surface area contributed by atoms with E-state index in [2.05, 4.69) is 10.2 Å². The first-order valence-corrected chi connectivity index (χ1v) is 7.14. The number of hydrogen-bond acceptors (Lipinski definition) is 5. The van der Waals surface area contributed by atoms with Crippen molar-refractivity contribution in [1.82, 2.24) is 15.1 Å². The summed E-state index contributed by atoms with van der Waals surface area (Å²) in [6.45, 7) is 2.70. The van der Waals surface area contributed by atoms with Crippen LogP contribution in [0.5, 0.6) is 5.88 Å². The molecule has 2 aliphatic rings. The van der Waals surface area contributed by atoms with Gasteiger partial charge in [0.05, 0.1) is 19.1 Å². The lowest BCUT2D eigenvalue weighted by Gasteiger charge is -2.33. The molecule has 108 valence electrons. The summed E-state index contributed by atoms with van der Waals surface area (Å²) in [7, 11) is 0. The summed E-state index contributed by atoms with van der Waals surface area (Å²) < 4.78 is 11.1. The molecule has 0 N–H and O–H groups in total. The van der Waals surface area contributed by atoms with E-state index in [9.17, 15) is 4.79 Å². The standard InChI is InChI=1S/C14H19N3O3/c18-14(11-5-8-19-10-11)17-7-2-3-12(9-17)20-13-4-1-6-15-16-13/h1,4,6,11-12H,2-3,5,7-10H2. The number of piperidine rings is 1. The molecule has 2 unspecified atom stereocenters. The highest BCUT2D eigenvalue weighted by Crippen LogP contribution is 2.21. The van der Waals surface area contributed by atoms with E-state index in [1.165, 1.54) is 0 Å². The Morgan fingerprint density at radius 2 is 2.40 bits per heavy atom. The van der Waals surface area contributed by atoms with Crippen molar-refractivity contribution in [3.8, 4) is 5.88 Å². The number of hydrogen-bond donors (Lipinski definition) is 0. The fourth-order valence-corrected chi connectivity index (χ4v) is 2.74. The molecule has 0 saturated carbocycles. The van der Waals surface area contributed by atoms with Crippen LogP contribution in [-0.2, 0) is 9.53 Å². The van der Waals surface area contributed by atoms with Crippen molar-refractivity contribution in [3.63, 3.8) is 0 Å². The molecular formula is C14H19N3O3. The van der Waals surface area contributed by atoms with E-state index in [0.717, 1.165) is 25.8 Å². The third-order valence-electron chi connectivity index (χ3n) is 3.80. The van der Waals surface area contributed by atoms with Gasteiger partial charge in [-0.1, -0.05) is 0 Å². The third kappa shape index (κ3) is 3.07. The van der Waals surface area contributed by atoms with E-state index in [0.29, 0.717) is 25.6 Å². The third-order valence-corrected chi connectivity index (χ3v) is 3.80. The summed E-state index contributed by atoms with van der Waals surface area (Å²) in [5.41, 5.74) is 0. The zero-order valence-electron chi connectivity index (χ0n) is 11.4. The molecule has 0 radical (unpaired) electrons. The predicted molar refractivity (Wildman–Crippen MR) is 71.2 cm³/mol. The maximum absolute atomic E-state index is 12.4. The second-order valence-corrected chi connectivity index (χ2v) is 5.29. The Morgan fingerprint density at radius 1 is 1.45 bits per heavy atom. The minimum Gasteiger partial charge on any atom is -0.471 e. The Hall–Kier alpha value is -1.69. The molecule has 3 rings (SSSR count). The van der Waals surface area contributed by atoms with Crippen LogP contribution in [0.4, 0.5) is 0 Å². The summed E-state index contributed by atoms with van der Waals surface area (Å²) in [5.74, 6) is 0.760. The molecule has 3 heterocycles. The maximum Gasteiger partial charge on any atom is 0.233 e. The molecule has 6 nitrogen and oxygen atoms in total. The summed E-state index contributed by atoms with van der Waals surface area (Å²) in [4.78, 5) is 14.3. The van der Waals surface area contributed by atoms with Gasteiger partial charge in [0.1, 0.15) is 6.10 Å². The van der Waals surface area contributed by atoms with E-state index in [1.807, 2.05) is 4.90 Å². The SMILES string of the molecule is O=C(C1CCOC1)N1CCCC(Oc2cccnn2)C1. The molecule has 1 aromatic rings. The van der Waals surface area contributed by atoms with Crippen LogP contribution in [0.1, 0.15) is 19.3 Å². The molecule has 1 aromatic heterocycles. The average Bonchev–Trinajstić information content (AvgIpc) is 3.02. The Balaban J connectivity index is 1.57. The van der Waals surface area contributed by atoms with E-state index in [1.54, 1.807) is 18.3 Å². The number of carbonyl (C=O) groups is 1. The first-order valence-electron chi connectivity index (χ1n) is 7.14. The average molecular weight is 277 g/mol. The second kappa shape index (κ2) is 6.17. The molecule has 0 aliphatic carbocycles. The Kier molecular flexibility index (Phi) is 4.11. The minimum atomic E-state index is 0.00622. The molecular weight excluding hydrogens is 258 g/mol. The zero-order valence-corrected chi connectivity index (χ0v) is 11.4. The first-order chi connectivity index (χ1) is 9.83. The van der Waals surface area contributed by atoms with E-state index in [4.69, 9.17) is 9.47 Å². The van der Waals surface area contributed by atoms with Crippen LogP contribution in [-0.4, -0.2) is 53.4 Å². The molecule has 0 spiro atoms. The van der Waals surface area contributed by atoms with Crippen molar-refractivity contribution in [2.24, 2.45) is 5.92 Å². The van der Waals surface area contributed by atoms with Crippen molar-refractivity contribution in [3.05, 3.63) is 18.3 Å². The Bertz CT molecular complexity index is 448. The van der Waals surface area contributed by atoms with Gasteiger partial charge in [0.25, 0.3) is 0 Å². The van der Waals surface area contributed by atoms with Crippen molar-refractivity contribution in [2.75, 3.05) is 26.3 Å². The van der Waals surface area contributed by atoms with Crippen molar-refractivity contribution >= 4 is 5.91 Å². The molecule has 2 saturated heterocycles. The summed E-state index contributed by atoms with van der Waals surface area (Å²) in [5, 5.41) is 7.72. The zero-order chi connectivity index (χ0) is 13.8. The monoisotopic (exact) mass is 277 g/mol. The number of amides is 1. The van der Waals surface area contributed by atoms with Crippen molar-refractivity contribution in [1.29, 1.82) is 0 Å². The van der Waals surface area contributed by atoms with Gasteiger partial charge in [-0.05, 0) is 25.3 Å². The normalized spacial score (nSPS) is 26.5. The topological polar surface area (TPSA) is 64.5 Å². The van der Waals surface area contributed by atoms with E-state index >= 15 is 0 Å². The lowest BCUT2D eigenvalue weighted by atomic mass is 10.0. The molecule has 6 heteroatoms. The van der Waals surface area contributed by atoms with Crippen LogP contribution in [0.2, 0.25) is 0 Å². The van der Waals surface area contributed by atoms with Crippen molar-refractivity contribution in [2.45, 2.75) is 25.4 Å². The minimum absolute atomic E-state index is 0.00622. The van der Waals surface area contributed by atoms with Crippen LogP contribution in [0.15, 0.2) is 18.3 Å². The van der Waals surface area contributed by atoms with Gasteiger partial charge in [0.2, 0.25) is 11.8 Å². The molecule has 0 bridgehead atoms. The highest BCUT2D eigenvalue weighted by Gasteiger charge is 2.31. The van der Waals surface area contributed by atoms with Gasteiger partial charge in [0.15, 0.2) is 0 Å².